The van der Waals surface area contributed by atoms with E-state index in [4.69, 9.17) is 5.73 Å². The number of urea groups is 1. The van der Waals surface area contributed by atoms with Crippen molar-refractivity contribution in [2.75, 3.05) is 35.4 Å². The first kappa shape index (κ1) is 23.4. The van der Waals surface area contributed by atoms with Gasteiger partial charge in [0.2, 0.25) is 0 Å². The van der Waals surface area contributed by atoms with Gasteiger partial charge in [0.15, 0.2) is 0 Å². The van der Waals surface area contributed by atoms with Gasteiger partial charge in [0.25, 0.3) is 0 Å². The average molecular weight is 494 g/mol. The maximum absolute atomic E-state index is 12.4. The number of anilines is 4. The van der Waals surface area contributed by atoms with Gasteiger partial charge in [0.05, 0.1) is 0 Å². The van der Waals surface area contributed by atoms with Crippen molar-refractivity contribution in [2.24, 2.45) is 0 Å². The molecular formula is C29H27N5OS. The van der Waals surface area contributed by atoms with Crippen LogP contribution in [-0.2, 0) is 0 Å². The normalized spacial score (nSPS) is 10.9. The van der Waals surface area contributed by atoms with Gasteiger partial charge < -0.3 is 21.3 Å². The topological polar surface area (TPSA) is 83.3 Å². The molecule has 180 valence electrons. The Morgan fingerprint density at radius 3 is 2.25 bits per heavy atom. The monoisotopic (exact) mass is 493 g/mol. The second-order valence-corrected chi connectivity index (χ2v) is 9.76. The molecular weight excluding hydrogens is 466 g/mol. The molecule has 0 unspecified atom stereocenters. The van der Waals surface area contributed by atoms with Crippen LogP contribution in [0.2, 0.25) is 0 Å². The first-order chi connectivity index (χ1) is 17.4. The predicted octanol–water partition coefficient (Wildman–Crippen LogP) is 7.23. The largest absolute Gasteiger partial charge is 0.383 e. The number of carbonyl (C=O) groups is 1. The first-order valence-electron chi connectivity index (χ1n) is 11.6. The summed E-state index contributed by atoms with van der Waals surface area (Å²) >= 11 is 1.66. The van der Waals surface area contributed by atoms with E-state index in [-0.39, 0.29) is 6.03 Å². The summed E-state index contributed by atoms with van der Waals surface area (Å²) in [5, 5.41) is 8.82. The third-order valence-electron chi connectivity index (χ3n) is 6.05. The maximum Gasteiger partial charge on any atom is 0.323 e. The Hall–Kier alpha value is -4.36. The van der Waals surface area contributed by atoms with Gasteiger partial charge in [-0.25, -0.2) is 9.78 Å². The van der Waals surface area contributed by atoms with Crippen molar-refractivity contribution in [3.8, 4) is 22.3 Å². The van der Waals surface area contributed by atoms with Crippen LogP contribution in [0.4, 0.5) is 27.7 Å². The number of benzene rings is 3. The number of nitrogen functional groups attached to an aromatic ring is 1. The molecule has 0 fully saturated rings. The van der Waals surface area contributed by atoms with Gasteiger partial charge in [0.1, 0.15) is 5.82 Å². The Morgan fingerprint density at radius 2 is 1.56 bits per heavy atom. The lowest BCUT2D eigenvalue weighted by molar-refractivity contribution is 0.262. The van der Waals surface area contributed by atoms with Gasteiger partial charge in [-0.15, -0.1) is 11.3 Å². The highest BCUT2D eigenvalue weighted by Crippen LogP contribution is 2.42. The number of hydrogen-bond acceptors (Lipinski definition) is 5. The van der Waals surface area contributed by atoms with Crippen LogP contribution >= 0.6 is 11.3 Å². The zero-order valence-electron chi connectivity index (χ0n) is 20.4. The van der Waals surface area contributed by atoms with Gasteiger partial charge in [0, 0.05) is 58.6 Å². The second-order valence-electron chi connectivity index (χ2n) is 8.88. The van der Waals surface area contributed by atoms with Crippen LogP contribution in [0.25, 0.3) is 32.3 Å². The van der Waals surface area contributed by atoms with Crippen LogP contribution < -0.4 is 21.3 Å². The Kier molecular flexibility index (Phi) is 6.31. The lowest BCUT2D eigenvalue weighted by atomic mass is 10.0. The summed E-state index contributed by atoms with van der Waals surface area (Å²) < 4.78 is 1.11. The molecule has 0 atom stereocenters. The molecule has 0 saturated heterocycles. The van der Waals surface area contributed by atoms with Crippen LogP contribution in [0.3, 0.4) is 0 Å². The van der Waals surface area contributed by atoms with E-state index >= 15 is 0 Å². The van der Waals surface area contributed by atoms with Gasteiger partial charge in [-0.2, -0.15) is 0 Å². The molecule has 0 spiro atoms. The van der Waals surface area contributed by atoms with Gasteiger partial charge in [-0.3, -0.25) is 0 Å². The summed E-state index contributed by atoms with van der Waals surface area (Å²) in [5.41, 5.74) is 14.3. The summed E-state index contributed by atoms with van der Waals surface area (Å²) in [6.45, 7) is 1.99. The fraction of sp³-hybridized carbons (Fsp3) is 0.103. The van der Waals surface area contributed by atoms with Crippen LogP contribution in [0, 0.1) is 6.92 Å². The van der Waals surface area contributed by atoms with E-state index in [1.807, 2.05) is 75.7 Å². The number of nitrogens with one attached hydrogen (secondary N) is 2. The Balaban J connectivity index is 1.40. The summed E-state index contributed by atoms with van der Waals surface area (Å²) in [6, 6.07) is 23.6. The van der Waals surface area contributed by atoms with E-state index in [0.29, 0.717) is 11.5 Å². The molecule has 5 rings (SSSR count). The van der Waals surface area contributed by atoms with E-state index < -0.39 is 0 Å². The molecule has 0 aliphatic carbocycles. The average Bonchev–Trinajstić information content (AvgIpc) is 3.31. The zero-order valence-corrected chi connectivity index (χ0v) is 21.2. The second kappa shape index (κ2) is 9.71. The standard InChI is InChI=1S/C29H27N5OS/c1-18-5-4-6-22(15-18)33-29(35)32-21-11-7-20(8-12-21)25-17-36-27-24(16-31-28(30)26(25)27)19-9-13-23(14-10-19)34(2)3/h4-17H,1-3H3,(H2,30,31)(H2,32,33,35). The number of nitrogens with zero attached hydrogens (tertiary/aromatic N) is 2. The third kappa shape index (κ3) is 4.74. The molecule has 2 amide bonds. The van der Waals surface area contributed by atoms with E-state index in [2.05, 4.69) is 50.2 Å². The smallest absolute Gasteiger partial charge is 0.323 e. The van der Waals surface area contributed by atoms with E-state index in [1.54, 1.807) is 11.3 Å². The SMILES string of the molecule is Cc1cccc(NC(=O)Nc2ccc(-c3csc4c(-c5ccc(N(C)C)cc5)cnc(N)c34)cc2)c1. The van der Waals surface area contributed by atoms with Crippen LogP contribution in [0.1, 0.15) is 5.56 Å². The number of nitrogens with two attached hydrogens (primary N) is 1. The number of rotatable bonds is 5. The summed E-state index contributed by atoms with van der Waals surface area (Å²) in [6.07, 6.45) is 1.85. The number of carbonyl (C=O) groups excluding carboxylic acids is 1. The summed E-state index contributed by atoms with van der Waals surface area (Å²) in [5.74, 6) is 0.509. The molecule has 0 aliphatic rings. The number of amides is 2. The van der Waals surface area contributed by atoms with Crippen LogP contribution in [-0.4, -0.2) is 25.1 Å². The van der Waals surface area contributed by atoms with Crippen molar-refractivity contribution in [1.29, 1.82) is 0 Å². The van der Waals surface area contributed by atoms with Crippen LogP contribution in [0.5, 0.6) is 0 Å². The molecule has 4 N–H and O–H groups in total. The minimum Gasteiger partial charge on any atom is -0.383 e. The molecule has 3 aromatic carbocycles. The number of aromatic nitrogens is 1. The Bertz CT molecular complexity index is 1540. The molecule has 0 bridgehead atoms. The molecule has 5 aromatic rings. The number of pyridine rings is 1. The summed E-state index contributed by atoms with van der Waals surface area (Å²) in [7, 11) is 4.06. The predicted molar refractivity (Wildman–Crippen MR) is 153 cm³/mol. The quantitative estimate of drug-likeness (QED) is 0.241. The molecule has 0 aliphatic heterocycles. The lowest BCUT2D eigenvalue weighted by Gasteiger charge is -2.13. The van der Waals surface area contributed by atoms with Gasteiger partial charge >= 0.3 is 6.03 Å². The van der Waals surface area contributed by atoms with Crippen molar-refractivity contribution in [1.82, 2.24) is 4.98 Å². The van der Waals surface area contributed by atoms with Crippen molar-refractivity contribution in [3.63, 3.8) is 0 Å². The Morgan fingerprint density at radius 1 is 0.889 bits per heavy atom. The Labute approximate surface area is 214 Å². The third-order valence-corrected chi connectivity index (χ3v) is 7.06. The van der Waals surface area contributed by atoms with Gasteiger partial charge in [-0.05, 0) is 65.4 Å². The lowest BCUT2D eigenvalue weighted by Crippen LogP contribution is -2.19. The van der Waals surface area contributed by atoms with E-state index in [1.165, 1.54) is 0 Å². The molecule has 0 radical (unpaired) electrons. The van der Waals surface area contributed by atoms with Crippen LogP contribution in [0.15, 0.2) is 84.4 Å². The molecule has 2 aromatic heterocycles. The number of fused-ring (bicyclic) bond motifs is 1. The number of hydrogen-bond donors (Lipinski definition) is 3. The molecule has 6 nitrogen and oxygen atoms in total. The van der Waals surface area contributed by atoms with Crippen molar-refractivity contribution < 1.29 is 4.79 Å². The minimum absolute atomic E-state index is 0.285. The zero-order chi connectivity index (χ0) is 25.2. The van der Waals surface area contributed by atoms with Crippen molar-refractivity contribution in [3.05, 3.63) is 89.9 Å². The molecule has 2 heterocycles. The molecule has 7 heteroatoms. The minimum atomic E-state index is -0.285. The highest BCUT2D eigenvalue weighted by Gasteiger charge is 2.15. The number of aryl methyl sites for hydroxylation is 1. The fourth-order valence-electron chi connectivity index (χ4n) is 4.17. The van der Waals surface area contributed by atoms with Gasteiger partial charge in [-0.1, -0.05) is 36.4 Å². The fourth-order valence-corrected chi connectivity index (χ4v) is 5.29. The summed E-state index contributed by atoms with van der Waals surface area (Å²) in [4.78, 5) is 19.0. The van der Waals surface area contributed by atoms with E-state index in [0.717, 1.165) is 49.3 Å². The first-order valence-corrected chi connectivity index (χ1v) is 12.5. The number of thiophene rings is 1. The highest BCUT2D eigenvalue weighted by molar-refractivity contribution is 7.18. The van der Waals surface area contributed by atoms with Crippen molar-refractivity contribution >= 4 is 50.3 Å². The van der Waals surface area contributed by atoms with Crippen molar-refractivity contribution in [2.45, 2.75) is 6.92 Å². The van der Waals surface area contributed by atoms with E-state index in [9.17, 15) is 4.79 Å². The highest BCUT2D eigenvalue weighted by atomic mass is 32.1. The maximum atomic E-state index is 12.4. The molecule has 36 heavy (non-hydrogen) atoms. The molecule has 0 saturated carbocycles.